The molecule has 2 aromatic carbocycles. The third-order valence-corrected chi connectivity index (χ3v) is 6.42. The summed E-state index contributed by atoms with van der Waals surface area (Å²) in [6, 6.07) is 12.9. The van der Waals surface area contributed by atoms with Crippen molar-refractivity contribution in [2.45, 2.75) is 38.0 Å². The maximum absolute atomic E-state index is 13.0. The smallest absolute Gasteiger partial charge is 0.262 e. The monoisotopic (exact) mass is 432 g/mol. The van der Waals surface area contributed by atoms with Gasteiger partial charge in [0.15, 0.2) is 0 Å². The van der Waals surface area contributed by atoms with Crippen molar-refractivity contribution >= 4 is 23.6 Å². The molecule has 0 aliphatic carbocycles. The van der Waals surface area contributed by atoms with Crippen LogP contribution < -0.4 is 10.6 Å². The Morgan fingerprint density at radius 2 is 1.81 bits per heavy atom. The van der Waals surface area contributed by atoms with E-state index < -0.39 is 23.8 Å². The largest absolute Gasteiger partial charge is 0.305 e. The van der Waals surface area contributed by atoms with Crippen LogP contribution in [-0.2, 0) is 22.7 Å². The zero-order chi connectivity index (χ0) is 22.4. The van der Waals surface area contributed by atoms with E-state index >= 15 is 0 Å². The summed E-state index contributed by atoms with van der Waals surface area (Å²) < 4.78 is 0. The predicted octanol–water partition coefficient (Wildman–Crippen LogP) is 1.36. The van der Waals surface area contributed by atoms with Crippen LogP contribution in [0.25, 0.3) is 0 Å². The predicted molar refractivity (Wildman–Crippen MR) is 115 cm³/mol. The van der Waals surface area contributed by atoms with Gasteiger partial charge in [-0.3, -0.25) is 29.4 Å². The Balaban J connectivity index is 1.30. The highest BCUT2D eigenvalue weighted by atomic mass is 16.2. The molecule has 0 bridgehead atoms. The molecule has 8 nitrogen and oxygen atoms in total. The number of rotatable bonds is 5. The van der Waals surface area contributed by atoms with Crippen LogP contribution in [0.3, 0.4) is 0 Å². The maximum Gasteiger partial charge on any atom is 0.262 e. The van der Waals surface area contributed by atoms with Crippen molar-refractivity contribution in [2.24, 2.45) is 0 Å². The average molecular weight is 432 g/mol. The van der Waals surface area contributed by atoms with Gasteiger partial charge in [-0.05, 0) is 42.3 Å². The number of fused-ring (bicyclic) bond motifs is 2. The molecule has 4 amide bonds. The molecular weight excluding hydrogens is 408 g/mol. The Labute approximate surface area is 185 Å². The van der Waals surface area contributed by atoms with Crippen molar-refractivity contribution < 1.29 is 19.2 Å². The number of piperidine rings is 1. The molecule has 2 atom stereocenters. The van der Waals surface area contributed by atoms with Gasteiger partial charge in [0, 0.05) is 32.1 Å². The summed E-state index contributed by atoms with van der Waals surface area (Å²) in [4.78, 5) is 52.7. The first-order valence-corrected chi connectivity index (χ1v) is 10.8. The summed E-state index contributed by atoms with van der Waals surface area (Å²) in [5.74, 6) is -1.94. The van der Waals surface area contributed by atoms with Gasteiger partial charge in [0.25, 0.3) is 11.8 Å². The molecule has 164 valence electrons. The van der Waals surface area contributed by atoms with Crippen LogP contribution in [0.5, 0.6) is 0 Å². The van der Waals surface area contributed by atoms with Gasteiger partial charge < -0.3 is 10.2 Å². The minimum Gasteiger partial charge on any atom is -0.305 e. The quantitative estimate of drug-likeness (QED) is 0.693. The minimum atomic E-state index is -0.945. The number of imide groups is 2. The molecule has 8 heteroatoms. The number of amides is 4. The zero-order valence-corrected chi connectivity index (χ0v) is 17.8. The lowest BCUT2D eigenvalue weighted by molar-refractivity contribution is -0.136. The molecular formula is C24H24N4O4. The Hall–Kier alpha value is -3.36. The summed E-state index contributed by atoms with van der Waals surface area (Å²) in [7, 11) is 2.03. The van der Waals surface area contributed by atoms with Crippen molar-refractivity contribution in [2.75, 3.05) is 13.6 Å². The Morgan fingerprint density at radius 3 is 2.62 bits per heavy atom. The van der Waals surface area contributed by atoms with E-state index in [1.807, 2.05) is 19.2 Å². The molecule has 2 unspecified atom stereocenters. The van der Waals surface area contributed by atoms with Crippen LogP contribution in [0.15, 0.2) is 42.5 Å². The van der Waals surface area contributed by atoms with Crippen LogP contribution in [-0.4, -0.2) is 53.1 Å². The first kappa shape index (κ1) is 20.5. The topological polar surface area (TPSA) is 98.8 Å². The molecule has 5 rings (SSSR count). The summed E-state index contributed by atoms with van der Waals surface area (Å²) in [5, 5.41) is 5.75. The summed E-state index contributed by atoms with van der Waals surface area (Å²) in [6.07, 6.45) is 0.264. The molecule has 3 aliphatic rings. The number of nitrogens with one attached hydrogen (secondary N) is 2. The second-order valence-corrected chi connectivity index (χ2v) is 8.66. The number of hydrogen-bond donors (Lipinski definition) is 2. The van der Waals surface area contributed by atoms with E-state index in [1.165, 1.54) is 11.1 Å². The highest BCUT2D eigenvalue weighted by molar-refractivity contribution is 6.23. The van der Waals surface area contributed by atoms with Gasteiger partial charge in [0.1, 0.15) is 6.04 Å². The average Bonchev–Trinajstić information content (AvgIpc) is 3.27. The number of carbonyl (C=O) groups excluding carboxylic acids is 4. The molecule has 0 spiro atoms. The fraction of sp³-hybridized carbons (Fsp3) is 0.333. The number of carbonyl (C=O) groups is 4. The highest BCUT2D eigenvalue weighted by Crippen LogP contribution is 2.29. The summed E-state index contributed by atoms with van der Waals surface area (Å²) in [6.45, 7) is 2.29. The van der Waals surface area contributed by atoms with Gasteiger partial charge in [-0.2, -0.15) is 0 Å². The summed E-state index contributed by atoms with van der Waals surface area (Å²) >= 11 is 0. The van der Waals surface area contributed by atoms with Gasteiger partial charge in [0.05, 0.1) is 11.1 Å². The maximum atomic E-state index is 13.0. The molecule has 32 heavy (non-hydrogen) atoms. The molecule has 1 saturated heterocycles. The fourth-order valence-electron chi connectivity index (χ4n) is 4.85. The zero-order valence-electron chi connectivity index (χ0n) is 17.8. The van der Waals surface area contributed by atoms with Crippen molar-refractivity contribution in [1.82, 2.24) is 20.4 Å². The normalized spacial score (nSPS) is 22.4. The second kappa shape index (κ2) is 7.96. The van der Waals surface area contributed by atoms with Gasteiger partial charge in [-0.15, -0.1) is 0 Å². The van der Waals surface area contributed by atoms with Crippen LogP contribution >= 0.6 is 0 Å². The van der Waals surface area contributed by atoms with Crippen molar-refractivity contribution in [3.05, 3.63) is 70.3 Å². The van der Waals surface area contributed by atoms with Gasteiger partial charge >= 0.3 is 0 Å². The van der Waals surface area contributed by atoms with Crippen molar-refractivity contribution in [3.8, 4) is 0 Å². The van der Waals surface area contributed by atoms with E-state index in [0.717, 1.165) is 23.6 Å². The SMILES string of the molecule is CN(Cc1ccc2c(c1)C(=O)N(C1CCC(=O)NC1=O)C2=O)CC1NCc2ccccc21. The van der Waals surface area contributed by atoms with Gasteiger partial charge in [-0.25, -0.2) is 0 Å². The molecule has 2 N–H and O–H groups in total. The lowest BCUT2D eigenvalue weighted by Crippen LogP contribution is -2.54. The third-order valence-electron chi connectivity index (χ3n) is 6.42. The van der Waals surface area contributed by atoms with Crippen molar-refractivity contribution in [3.63, 3.8) is 0 Å². The lowest BCUT2D eigenvalue weighted by atomic mass is 10.0. The number of hydrogen-bond acceptors (Lipinski definition) is 6. The molecule has 0 aromatic heterocycles. The highest BCUT2D eigenvalue weighted by Gasteiger charge is 2.44. The van der Waals surface area contributed by atoms with E-state index in [2.05, 4.69) is 33.7 Å². The molecule has 0 saturated carbocycles. The Morgan fingerprint density at radius 1 is 1.03 bits per heavy atom. The van der Waals surface area contributed by atoms with Crippen LogP contribution in [0.1, 0.15) is 56.3 Å². The molecule has 0 radical (unpaired) electrons. The molecule has 3 aliphatic heterocycles. The summed E-state index contributed by atoms with van der Waals surface area (Å²) in [5.41, 5.74) is 4.17. The fourth-order valence-corrected chi connectivity index (χ4v) is 4.85. The van der Waals surface area contributed by atoms with E-state index in [1.54, 1.807) is 12.1 Å². The molecule has 3 heterocycles. The van der Waals surface area contributed by atoms with Gasteiger partial charge in [-0.1, -0.05) is 30.3 Å². The van der Waals surface area contributed by atoms with E-state index in [9.17, 15) is 19.2 Å². The Kier molecular flexibility index (Phi) is 5.11. The number of benzene rings is 2. The molecule has 1 fully saturated rings. The number of likely N-dealkylation sites (N-methyl/N-ethyl adjacent to an activating group) is 1. The lowest BCUT2D eigenvalue weighted by Gasteiger charge is -2.27. The van der Waals surface area contributed by atoms with Crippen LogP contribution in [0, 0.1) is 0 Å². The standard InChI is InChI=1S/C24H24N4O4/c1-27(13-19-16-5-3-2-4-15(16)11-25-19)12-14-6-7-17-18(10-14)24(32)28(23(17)31)20-8-9-21(29)26-22(20)30/h2-7,10,19-20,25H,8-9,11-13H2,1H3,(H,26,29,30). The third kappa shape index (κ3) is 3.51. The minimum absolute atomic E-state index is 0.109. The van der Waals surface area contributed by atoms with Crippen molar-refractivity contribution in [1.29, 1.82) is 0 Å². The van der Waals surface area contributed by atoms with Crippen LogP contribution in [0.2, 0.25) is 0 Å². The second-order valence-electron chi connectivity index (χ2n) is 8.66. The van der Waals surface area contributed by atoms with Crippen LogP contribution in [0.4, 0.5) is 0 Å². The first-order chi connectivity index (χ1) is 15.4. The molecule has 2 aromatic rings. The van der Waals surface area contributed by atoms with E-state index in [0.29, 0.717) is 17.7 Å². The number of nitrogens with zero attached hydrogens (tertiary/aromatic N) is 2. The first-order valence-electron chi connectivity index (χ1n) is 10.8. The Bertz CT molecular complexity index is 1140. The van der Waals surface area contributed by atoms with E-state index in [4.69, 9.17) is 0 Å². The van der Waals surface area contributed by atoms with E-state index in [-0.39, 0.29) is 24.8 Å². The van der Waals surface area contributed by atoms with Gasteiger partial charge in [0.2, 0.25) is 11.8 Å².